The molecule has 1 aromatic carbocycles. The highest BCUT2D eigenvalue weighted by atomic mass is 19.1. The minimum Gasteiger partial charge on any atom is -0.481 e. The largest absolute Gasteiger partial charge is 0.481 e. The number of aromatic nitrogens is 4. The summed E-state index contributed by atoms with van der Waals surface area (Å²) < 4.78 is 27.9. The fraction of sp³-hybridized carbons (Fsp3) is 0.333. The Morgan fingerprint density at radius 1 is 1.40 bits per heavy atom. The van der Waals surface area contributed by atoms with Crippen molar-refractivity contribution in [2.45, 2.75) is 19.4 Å². The number of benzene rings is 1. The van der Waals surface area contributed by atoms with E-state index in [1.807, 2.05) is 0 Å². The Morgan fingerprint density at radius 2 is 2.15 bits per heavy atom. The molecule has 1 saturated carbocycles. The van der Waals surface area contributed by atoms with E-state index >= 15 is 0 Å². The van der Waals surface area contributed by atoms with E-state index in [9.17, 15) is 13.6 Å². The van der Waals surface area contributed by atoms with Crippen LogP contribution in [0.25, 0.3) is 11.4 Å². The Balaban J connectivity index is 1.96. The first kappa shape index (κ1) is 12.6. The Morgan fingerprint density at radius 3 is 2.75 bits per heavy atom. The zero-order chi connectivity index (χ0) is 14.3. The molecule has 0 spiro atoms. The Bertz CT molecular complexity index is 682. The Labute approximate surface area is 112 Å². The number of halogens is 2. The van der Waals surface area contributed by atoms with Crippen LogP contribution in [0.1, 0.15) is 12.8 Å². The van der Waals surface area contributed by atoms with Crippen LogP contribution in [0.2, 0.25) is 0 Å². The van der Waals surface area contributed by atoms with Crippen LogP contribution < -0.4 is 0 Å². The maximum atomic E-state index is 13.7. The van der Waals surface area contributed by atoms with Crippen molar-refractivity contribution in [3.63, 3.8) is 0 Å². The maximum Gasteiger partial charge on any atom is 0.311 e. The molecule has 0 radical (unpaired) electrons. The standard InChI is InChI=1S/C12H10F2N4O2/c13-7-1-2-8(9(14)5-7)10-15-16-17-18(10)6-12(3-4-12)11(19)20/h1-2,5H,3-4,6H2,(H,19,20). The van der Waals surface area contributed by atoms with Crippen LogP contribution in [0.5, 0.6) is 0 Å². The maximum absolute atomic E-state index is 13.7. The Hall–Kier alpha value is -2.38. The molecule has 1 heterocycles. The average molecular weight is 280 g/mol. The highest BCUT2D eigenvalue weighted by molar-refractivity contribution is 5.77. The third-order valence-electron chi connectivity index (χ3n) is 3.46. The number of rotatable bonds is 4. The lowest BCUT2D eigenvalue weighted by atomic mass is 10.1. The van der Waals surface area contributed by atoms with Gasteiger partial charge in [0, 0.05) is 6.07 Å². The molecule has 1 fully saturated rings. The summed E-state index contributed by atoms with van der Waals surface area (Å²) in [6.45, 7) is 0.0709. The molecular weight excluding hydrogens is 270 g/mol. The minimum atomic E-state index is -0.918. The van der Waals surface area contributed by atoms with E-state index in [0.29, 0.717) is 12.8 Å². The second-order valence-electron chi connectivity index (χ2n) is 4.87. The van der Waals surface area contributed by atoms with Crippen LogP contribution in [-0.4, -0.2) is 31.3 Å². The van der Waals surface area contributed by atoms with Gasteiger partial charge >= 0.3 is 5.97 Å². The van der Waals surface area contributed by atoms with E-state index in [2.05, 4.69) is 15.5 Å². The third kappa shape index (κ3) is 2.02. The van der Waals surface area contributed by atoms with Crippen LogP contribution in [0.15, 0.2) is 18.2 Å². The Kier molecular flexibility index (Phi) is 2.73. The quantitative estimate of drug-likeness (QED) is 0.917. The second-order valence-corrected chi connectivity index (χ2v) is 4.87. The summed E-state index contributed by atoms with van der Waals surface area (Å²) in [6, 6.07) is 3.06. The van der Waals surface area contributed by atoms with Gasteiger partial charge in [0.25, 0.3) is 0 Å². The van der Waals surface area contributed by atoms with Crippen molar-refractivity contribution < 1.29 is 18.7 Å². The van der Waals surface area contributed by atoms with Crippen LogP contribution in [0, 0.1) is 17.0 Å². The predicted octanol–water partition coefficient (Wildman–Crippen LogP) is 1.48. The summed E-state index contributed by atoms with van der Waals surface area (Å²) in [6.07, 6.45) is 1.07. The summed E-state index contributed by atoms with van der Waals surface area (Å²) >= 11 is 0. The zero-order valence-corrected chi connectivity index (χ0v) is 10.3. The van der Waals surface area contributed by atoms with Gasteiger partial charge in [-0.2, -0.15) is 0 Å². The molecular formula is C12H10F2N4O2. The molecule has 1 aliphatic carbocycles. The van der Waals surface area contributed by atoms with Crippen LogP contribution >= 0.6 is 0 Å². The molecule has 3 rings (SSSR count). The predicted molar refractivity (Wildman–Crippen MR) is 62.5 cm³/mol. The van der Waals surface area contributed by atoms with Gasteiger partial charge in [-0.25, -0.2) is 13.5 Å². The lowest BCUT2D eigenvalue weighted by molar-refractivity contribution is -0.144. The molecule has 0 bridgehead atoms. The molecule has 6 nitrogen and oxygen atoms in total. The third-order valence-corrected chi connectivity index (χ3v) is 3.46. The van der Waals surface area contributed by atoms with Crippen LogP contribution in [0.4, 0.5) is 8.78 Å². The summed E-state index contributed by atoms with van der Waals surface area (Å²) in [5, 5.41) is 20.0. The molecule has 20 heavy (non-hydrogen) atoms. The van der Waals surface area contributed by atoms with Crippen LogP contribution in [0.3, 0.4) is 0 Å². The SMILES string of the molecule is O=C(O)C1(Cn2nnnc2-c2ccc(F)cc2F)CC1. The van der Waals surface area contributed by atoms with Crippen molar-refractivity contribution in [1.82, 2.24) is 20.2 Å². The number of aliphatic carboxylic acids is 1. The second kappa shape index (κ2) is 4.32. The molecule has 1 N–H and O–H groups in total. The molecule has 0 saturated heterocycles. The van der Waals surface area contributed by atoms with E-state index < -0.39 is 23.0 Å². The number of nitrogens with zero attached hydrogens (tertiary/aromatic N) is 4. The van der Waals surface area contributed by atoms with Gasteiger partial charge in [-0.3, -0.25) is 4.79 Å². The van der Waals surface area contributed by atoms with Gasteiger partial charge in [0.2, 0.25) is 0 Å². The van der Waals surface area contributed by atoms with Crippen molar-refractivity contribution >= 4 is 5.97 Å². The summed E-state index contributed by atoms with van der Waals surface area (Å²) in [5.74, 6) is -2.32. The zero-order valence-electron chi connectivity index (χ0n) is 10.3. The molecule has 0 atom stereocenters. The molecule has 1 aromatic heterocycles. The van der Waals surface area contributed by atoms with Crippen LogP contribution in [-0.2, 0) is 11.3 Å². The molecule has 0 amide bonds. The van der Waals surface area contributed by atoms with Gasteiger partial charge < -0.3 is 5.11 Å². The van der Waals surface area contributed by atoms with E-state index in [1.165, 1.54) is 10.7 Å². The highest BCUT2D eigenvalue weighted by Crippen LogP contribution is 2.47. The van der Waals surface area contributed by atoms with Gasteiger partial charge in [0.1, 0.15) is 11.6 Å². The number of carboxylic acid groups (broad SMARTS) is 1. The highest BCUT2D eigenvalue weighted by Gasteiger charge is 2.51. The van der Waals surface area contributed by atoms with Crippen molar-refractivity contribution in [3.8, 4) is 11.4 Å². The molecule has 8 heteroatoms. The van der Waals surface area contributed by atoms with E-state index in [1.54, 1.807) is 0 Å². The van der Waals surface area contributed by atoms with E-state index in [4.69, 9.17) is 5.11 Å². The lowest BCUT2D eigenvalue weighted by Crippen LogP contribution is -2.22. The molecule has 0 aliphatic heterocycles. The van der Waals surface area contributed by atoms with Crippen molar-refractivity contribution in [2.24, 2.45) is 5.41 Å². The summed E-state index contributed by atoms with van der Waals surface area (Å²) in [4.78, 5) is 11.2. The number of carbonyl (C=O) groups is 1. The van der Waals surface area contributed by atoms with E-state index in [-0.39, 0.29) is 17.9 Å². The van der Waals surface area contributed by atoms with Gasteiger partial charge in [-0.15, -0.1) is 5.10 Å². The first-order valence-electron chi connectivity index (χ1n) is 5.97. The summed E-state index contributed by atoms with van der Waals surface area (Å²) in [7, 11) is 0. The van der Waals surface area contributed by atoms with Gasteiger partial charge in [0.05, 0.1) is 17.5 Å². The molecule has 0 unspecified atom stereocenters. The smallest absolute Gasteiger partial charge is 0.311 e. The normalized spacial score (nSPS) is 16.1. The molecule has 2 aromatic rings. The fourth-order valence-electron chi connectivity index (χ4n) is 2.05. The lowest BCUT2D eigenvalue weighted by Gasteiger charge is -2.11. The first-order chi connectivity index (χ1) is 9.52. The van der Waals surface area contributed by atoms with Gasteiger partial charge in [0.15, 0.2) is 5.82 Å². The number of hydrogen-bond donors (Lipinski definition) is 1. The van der Waals surface area contributed by atoms with E-state index in [0.717, 1.165) is 12.1 Å². The van der Waals surface area contributed by atoms with Gasteiger partial charge in [-0.1, -0.05) is 0 Å². The topological polar surface area (TPSA) is 80.9 Å². The summed E-state index contributed by atoms with van der Waals surface area (Å²) in [5.41, 5.74) is -0.835. The van der Waals surface area contributed by atoms with Crippen molar-refractivity contribution in [3.05, 3.63) is 29.8 Å². The number of tetrazole rings is 1. The first-order valence-corrected chi connectivity index (χ1v) is 5.97. The average Bonchev–Trinajstić information content (AvgIpc) is 3.03. The number of carboxylic acids is 1. The molecule has 1 aliphatic rings. The number of hydrogen-bond acceptors (Lipinski definition) is 4. The molecule has 104 valence electrons. The van der Waals surface area contributed by atoms with Gasteiger partial charge in [-0.05, 0) is 35.4 Å². The monoisotopic (exact) mass is 280 g/mol. The minimum absolute atomic E-state index is 0.0394. The van der Waals surface area contributed by atoms with Crippen molar-refractivity contribution in [2.75, 3.05) is 0 Å². The van der Waals surface area contributed by atoms with Crippen molar-refractivity contribution in [1.29, 1.82) is 0 Å². The fourth-order valence-corrected chi connectivity index (χ4v) is 2.05.